The molecular weight excluding hydrogens is 366 g/mol. The smallest absolute Gasteiger partial charge is 0.340 e. The van der Waals surface area contributed by atoms with E-state index in [0.29, 0.717) is 5.65 Å². The molecule has 3 rings (SSSR count). The standard InChI is InChI=1S/C19H21N3O6/c1-19(2,3)21-15-13(18(25)27-5)11(17(24)26-4)12-14(28-15)20-10-8-6-7-9-22(10)16(12)23/h6-9,11,21H,1-5H3. The summed E-state index contributed by atoms with van der Waals surface area (Å²) in [5, 5.41) is 3.04. The van der Waals surface area contributed by atoms with E-state index in [9.17, 15) is 14.4 Å². The molecule has 2 aromatic rings. The Morgan fingerprint density at radius 1 is 1.21 bits per heavy atom. The zero-order valence-corrected chi connectivity index (χ0v) is 16.2. The SMILES string of the molecule is COC(=O)C1=C(NC(C)(C)C)Oc2nc3ccccn3c(=O)c2C1C(=O)OC. The van der Waals surface area contributed by atoms with Crippen molar-refractivity contribution in [3.8, 4) is 5.88 Å². The van der Waals surface area contributed by atoms with Crippen molar-refractivity contribution in [3.63, 3.8) is 0 Å². The number of pyridine rings is 1. The Morgan fingerprint density at radius 2 is 1.93 bits per heavy atom. The molecule has 1 N–H and O–H groups in total. The second-order valence-corrected chi connectivity index (χ2v) is 7.23. The van der Waals surface area contributed by atoms with Crippen molar-refractivity contribution in [3.05, 3.63) is 51.8 Å². The van der Waals surface area contributed by atoms with E-state index in [-0.39, 0.29) is 22.9 Å². The predicted octanol–water partition coefficient (Wildman–Crippen LogP) is 1.12. The third kappa shape index (κ3) is 3.30. The van der Waals surface area contributed by atoms with E-state index in [1.807, 2.05) is 20.8 Å². The lowest BCUT2D eigenvalue weighted by atomic mass is 9.90. The van der Waals surface area contributed by atoms with Gasteiger partial charge in [-0.1, -0.05) is 6.07 Å². The van der Waals surface area contributed by atoms with Gasteiger partial charge in [-0.2, -0.15) is 4.98 Å². The molecule has 1 aliphatic rings. The van der Waals surface area contributed by atoms with Gasteiger partial charge in [0.1, 0.15) is 17.1 Å². The average Bonchev–Trinajstić information content (AvgIpc) is 2.64. The Bertz CT molecular complexity index is 1050. The van der Waals surface area contributed by atoms with Gasteiger partial charge in [-0.25, -0.2) is 4.79 Å². The van der Waals surface area contributed by atoms with E-state index >= 15 is 0 Å². The molecule has 3 heterocycles. The molecule has 0 aromatic carbocycles. The van der Waals surface area contributed by atoms with Crippen LogP contribution >= 0.6 is 0 Å². The third-order valence-corrected chi connectivity index (χ3v) is 4.09. The molecular formula is C19H21N3O6. The van der Waals surface area contributed by atoms with Gasteiger partial charge < -0.3 is 19.5 Å². The molecule has 1 unspecified atom stereocenters. The molecule has 0 spiro atoms. The lowest BCUT2D eigenvalue weighted by Crippen LogP contribution is -2.43. The molecule has 9 heteroatoms. The van der Waals surface area contributed by atoms with Crippen LogP contribution < -0.4 is 15.6 Å². The van der Waals surface area contributed by atoms with Crippen molar-refractivity contribution < 1.29 is 23.8 Å². The highest BCUT2D eigenvalue weighted by atomic mass is 16.5. The molecule has 0 amide bonds. The van der Waals surface area contributed by atoms with Crippen LogP contribution in [0.5, 0.6) is 5.88 Å². The molecule has 0 saturated carbocycles. The van der Waals surface area contributed by atoms with Crippen molar-refractivity contribution in [2.45, 2.75) is 32.2 Å². The number of carbonyl (C=O) groups is 2. The van der Waals surface area contributed by atoms with E-state index in [1.54, 1.807) is 18.2 Å². The second kappa shape index (κ2) is 6.99. The van der Waals surface area contributed by atoms with Crippen LogP contribution in [0.15, 0.2) is 40.6 Å². The fourth-order valence-corrected chi connectivity index (χ4v) is 2.94. The lowest BCUT2D eigenvalue weighted by molar-refractivity contribution is -0.145. The summed E-state index contributed by atoms with van der Waals surface area (Å²) in [6.07, 6.45) is 1.52. The van der Waals surface area contributed by atoms with Crippen molar-refractivity contribution in [1.82, 2.24) is 14.7 Å². The molecule has 2 aromatic heterocycles. The molecule has 0 bridgehead atoms. The van der Waals surface area contributed by atoms with Crippen molar-refractivity contribution in [2.24, 2.45) is 0 Å². The van der Waals surface area contributed by atoms with E-state index in [1.165, 1.54) is 24.8 Å². The normalized spacial score (nSPS) is 16.2. The Morgan fingerprint density at radius 3 is 2.54 bits per heavy atom. The van der Waals surface area contributed by atoms with E-state index in [4.69, 9.17) is 14.2 Å². The van der Waals surface area contributed by atoms with Gasteiger partial charge in [-0.05, 0) is 32.9 Å². The first kappa shape index (κ1) is 19.4. The Hall–Kier alpha value is -3.36. The van der Waals surface area contributed by atoms with Gasteiger partial charge in [0.15, 0.2) is 0 Å². The number of fused-ring (bicyclic) bond motifs is 2. The lowest BCUT2D eigenvalue weighted by Gasteiger charge is -2.31. The summed E-state index contributed by atoms with van der Waals surface area (Å²) in [6.45, 7) is 5.55. The number of carbonyl (C=O) groups excluding carboxylic acids is 2. The monoisotopic (exact) mass is 387 g/mol. The molecule has 148 valence electrons. The zero-order chi connectivity index (χ0) is 20.6. The Kier molecular flexibility index (Phi) is 4.84. The van der Waals surface area contributed by atoms with E-state index in [2.05, 4.69) is 10.3 Å². The summed E-state index contributed by atoms with van der Waals surface area (Å²) in [6, 6.07) is 5.01. The first-order valence-corrected chi connectivity index (χ1v) is 8.55. The second-order valence-electron chi connectivity index (χ2n) is 7.23. The predicted molar refractivity (Wildman–Crippen MR) is 98.8 cm³/mol. The van der Waals surface area contributed by atoms with Crippen molar-refractivity contribution in [1.29, 1.82) is 0 Å². The van der Waals surface area contributed by atoms with Crippen LogP contribution in [0.3, 0.4) is 0 Å². The number of rotatable bonds is 3. The first-order valence-electron chi connectivity index (χ1n) is 8.55. The minimum absolute atomic E-state index is 0.00516. The van der Waals surface area contributed by atoms with Crippen LogP contribution in [0.2, 0.25) is 0 Å². The van der Waals surface area contributed by atoms with Gasteiger partial charge in [0.2, 0.25) is 11.8 Å². The highest BCUT2D eigenvalue weighted by Gasteiger charge is 2.44. The highest BCUT2D eigenvalue weighted by Crippen LogP contribution is 2.37. The summed E-state index contributed by atoms with van der Waals surface area (Å²) in [5.74, 6) is -3.03. The number of aromatic nitrogens is 2. The Balaban J connectivity index is 2.35. The number of nitrogens with zero attached hydrogens (tertiary/aromatic N) is 2. The maximum atomic E-state index is 13.1. The average molecular weight is 387 g/mol. The topological polar surface area (TPSA) is 108 Å². The summed E-state index contributed by atoms with van der Waals surface area (Å²) >= 11 is 0. The minimum atomic E-state index is -1.34. The van der Waals surface area contributed by atoms with Crippen molar-refractivity contribution >= 4 is 17.6 Å². The maximum Gasteiger partial charge on any atom is 0.340 e. The van der Waals surface area contributed by atoms with Crippen LogP contribution in [0, 0.1) is 0 Å². The number of hydrogen-bond donors (Lipinski definition) is 1. The van der Waals surface area contributed by atoms with Crippen LogP contribution in [-0.4, -0.2) is 41.1 Å². The van der Waals surface area contributed by atoms with Crippen LogP contribution in [0.25, 0.3) is 5.65 Å². The van der Waals surface area contributed by atoms with E-state index in [0.717, 1.165) is 0 Å². The number of methoxy groups -OCH3 is 2. The number of nitrogens with one attached hydrogen (secondary N) is 1. The van der Waals surface area contributed by atoms with Gasteiger partial charge in [0.25, 0.3) is 5.56 Å². The molecule has 1 atom stereocenters. The summed E-state index contributed by atoms with van der Waals surface area (Å²) < 4.78 is 16.8. The third-order valence-electron chi connectivity index (χ3n) is 4.09. The fourth-order valence-electron chi connectivity index (χ4n) is 2.94. The molecule has 1 aliphatic heterocycles. The van der Waals surface area contributed by atoms with Gasteiger partial charge in [0.05, 0.1) is 19.8 Å². The summed E-state index contributed by atoms with van der Waals surface area (Å²) in [7, 11) is 2.36. The number of hydrogen-bond acceptors (Lipinski definition) is 8. The number of ether oxygens (including phenoxy) is 3. The molecule has 0 radical (unpaired) electrons. The highest BCUT2D eigenvalue weighted by molar-refractivity contribution is 6.00. The van der Waals surface area contributed by atoms with Crippen LogP contribution in [0.4, 0.5) is 0 Å². The quantitative estimate of drug-likeness (QED) is 0.781. The molecule has 0 saturated heterocycles. The minimum Gasteiger partial charge on any atom is -0.468 e. The molecule has 9 nitrogen and oxygen atoms in total. The van der Waals surface area contributed by atoms with Gasteiger partial charge in [0, 0.05) is 11.7 Å². The van der Waals surface area contributed by atoms with Gasteiger partial charge in [-0.3, -0.25) is 14.0 Å². The van der Waals surface area contributed by atoms with E-state index < -0.39 is 29.0 Å². The van der Waals surface area contributed by atoms with Gasteiger partial charge in [-0.15, -0.1) is 0 Å². The van der Waals surface area contributed by atoms with Gasteiger partial charge >= 0.3 is 11.9 Å². The Labute approximate surface area is 160 Å². The van der Waals surface area contributed by atoms with Crippen molar-refractivity contribution in [2.75, 3.05) is 14.2 Å². The zero-order valence-electron chi connectivity index (χ0n) is 16.2. The first-order chi connectivity index (χ1) is 13.2. The molecule has 0 fully saturated rings. The van der Waals surface area contributed by atoms with Crippen LogP contribution in [-0.2, 0) is 19.1 Å². The summed E-state index contributed by atoms with van der Waals surface area (Å²) in [4.78, 5) is 42.6. The summed E-state index contributed by atoms with van der Waals surface area (Å²) in [5.41, 5.74) is -0.945. The molecule has 0 aliphatic carbocycles. The largest absolute Gasteiger partial charge is 0.468 e. The maximum absolute atomic E-state index is 13.1. The molecule has 28 heavy (non-hydrogen) atoms. The number of esters is 2. The fraction of sp³-hybridized carbons (Fsp3) is 0.368. The van der Waals surface area contributed by atoms with Crippen LogP contribution in [0.1, 0.15) is 32.3 Å².